The first-order chi connectivity index (χ1) is 8.81. The van der Waals surface area contributed by atoms with Gasteiger partial charge >= 0.3 is 0 Å². The van der Waals surface area contributed by atoms with Gasteiger partial charge in [-0.25, -0.2) is 4.98 Å². The molecule has 0 atom stereocenters. The topological polar surface area (TPSA) is 48.5 Å². The quantitative estimate of drug-likeness (QED) is 0.835. The molecular weight excluding hydrogens is 228 g/mol. The van der Waals surface area contributed by atoms with Crippen molar-refractivity contribution in [2.75, 3.05) is 44.7 Å². The van der Waals surface area contributed by atoms with Crippen molar-refractivity contribution in [2.45, 2.75) is 6.42 Å². The number of rotatable bonds is 4. The molecule has 1 saturated heterocycles. The van der Waals surface area contributed by atoms with Crippen molar-refractivity contribution in [3.8, 4) is 0 Å². The number of piperazine rings is 1. The molecule has 1 amide bonds. The van der Waals surface area contributed by atoms with E-state index in [2.05, 4.69) is 15.2 Å². The first-order valence-corrected chi connectivity index (χ1v) is 6.39. The third-order valence-corrected chi connectivity index (χ3v) is 3.19. The molecule has 1 fully saturated rings. The highest BCUT2D eigenvalue weighted by Crippen LogP contribution is 2.12. The van der Waals surface area contributed by atoms with E-state index < -0.39 is 0 Å². The summed E-state index contributed by atoms with van der Waals surface area (Å²) in [6.07, 6.45) is 2.39. The number of anilines is 1. The van der Waals surface area contributed by atoms with Crippen LogP contribution in [0.3, 0.4) is 0 Å². The minimum atomic E-state index is 0.241. The molecule has 1 aromatic rings. The van der Waals surface area contributed by atoms with E-state index in [0.717, 1.165) is 38.5 Å². The summed E-state index contributed by atoms with van der Waals surface area (Å²) in [4.78, 5) is 20.4. The summed E-state index contributed by atoms with van der Waals surface area (Å²) in [7, 11) is 1.87. The summed E-state index contributed by atoms with van der Waals surface area (Å²) in [5.41, 5.74) is 0. The number of hydrogen-bond donors (Lipinski definition) is 1. The van der Waals surface area contributed by atoms with Gasteiger partial charge in [0.2, 0.25) is 5.91 Å². The maximum Gasteiger partial charge on any atom is 0.223 e. The Balaban J connectivity index is 1.83. The lowest BCUT2D eigenvalue weighted by Gasteiger charge is -2.35. The number of pyridine rings is 1. The molecule has 98 valence electrons. The number of amides is 1. The normalized spacial score (nSPS) is 15.8. The maximum absolute atomic E-state index is 11.9. The Bertz CT molecular complexity index is 374. The van der Waals surface area contributed by atoms with Crippen LogP contribution in [-0.4, -0.2) is 55.6 Å². The first-order valence-electron chi connectivity index (χ1n) is 6.39. The van der Waals surface area contributed by atoms with Crippen molar-refractivity contribution in [2.24, 2.45) is 0 Å². The molecule has 1 aliphatic rings. The summed E-state index contributed by atoms with van der Waals surface area (Å²) in [5, 5.41) is 3.00. The van der Waals surface area contributed by atoms with Gasteiger partial charge in [0, 0.05) is 45.3 Å². The van der Waals surface area contributed by atoms with Crippen LogP contribution in [0.2, 0.25) is 0 Å². The zero-order valence-electron chi connectivity index (χ0n) is 10.8. The van der Waals surface area contributed by atoms with E-state index in [1.54, 1.807) is 6.20 Å². The highest BCUT2D eigenvalue weighted by atomic mass is 16.2. The lowest BCUT2D eigenvalue weighted by molar-refractivity contribution is -0.131. The molecule has 2 heterocycles. The van der Waals surface area contributed by atoms with Crippen LogP contribution < -0.4 is 10.2 Å². The molecule has 0 aliphatic carbocycles. The van der Waals surface area contributed by atoms with E-state index in [0.29, 0.717) is 6.42 Å². The van der Waals surface area contributed by atoms with Gasteiger partial charge in [-0.2, -0.15) is 0 Å². The van der Waals surface area contributed by atoms with Crippen molar-refractivity contribution in [1.82, 2.24) is 15.2 Å². The van der Waals surface area contributed by atoms with Gasteiger partial charge in [0.15, 0.2) is 0 Å². The third-order valence-electron chi connectivity index (χ3n) is 3.19. The second-order valence-corrected chi connectivity index (χ2v) is 4.41. The minimum absolute atomic E-state index is 0.241. The molecule has 0 radical (unpaired) electrons. The number of nitrogens with one attached hydrogen (secondary N) is 1. The van der Waals surface area contributed by atoms with Crippen LogP contribution in [0.15, 0.2) is 24.4 Å². The van der Waals surface area contributed by atoms with Crippen molar-refractivity contribution < 1.29 is 4.79 Å². The molecule has 1 aliphatic heterocycles. The number of nitrogens with zero attached hydrogens (tertiary/aromatic N) is 3. The van der Waals surface area contributed by atoms with Gasteiger partial charge in [0.05, 0.1) is 0 Å². The molecule has 0 bridgehead atoms. The van der Waals surface area contributed by atoms with E-state index in [1.165, 1.54) is 0 Å². The molecule has 0 unspecified atom stereocenters. The van der Waals surface area contributed by atoms with Crippen LogP contribution in [0.4, 0.5) is 5.82 Å². The fourth-order valence-electron chi connectivity index (χ4n) is 2.12. The van der Waals surface area contributed by atoms with E-state index in [9.17, 15) is 4.79 Å². The van der Waals surface area contributed by atoms with Crippen LogP contribution in [0.1, 0.15) is 6.42 Å². The summed E-state index contributed by atoms with van der Waals surface area (Å²) >= 11 is 0. The van der Waals surface area contributed by atoms with Gasteiger partial charge in [-0.3, -0.25) is 4.79 Å². The van der Waals surface area contributed by atoms with Crippen LogP contribution in [0, 0.1) is 0 Å². The van der Waals surface area contributed by atoms with Gasteiger partial charge in [-0.1, -0.05) is 6.07 Å². The molecule has 1 aromatic heterocycles. The smallest absolute Gasteiger partial charge is 0.223 e. The Labute approximate surface area is 108 Å². The molecule has 0 spiro atoms. The first kappa shape index (κ1) is 12.8. The predicted octanol–water partition coefficient (Wildman–Crippen LogP) is 0.340. The van der Waals surface area contributed by atoms with Crippen molar-refractivity contribution >= 4 is 11.7 Å². The van der Waals surface area contributed by atoms with E-state index in [4.69, 9.17) is 0 Å². The third kappa shape index (κ3) is 3.20. The Morgan fingerprint density at radius 3 is 2.72 bits per heavy atom. The van der Waals surface area contributed by atoms with Gasteiger partial charge in [0.1, 0.15) is 5.82 Å². The SMILES string of the molecule is CNCCC(=O)N1CCN(c2ccccn2)CC1. The molecule has 0 aromatic carbocycles. The molecule has 0 saturated carbocycles. The van der Waals surface area contributed by atoms with E-state index in [-0.39, 0.29) is 5.91 Å². The van der Waals surface area contributed by atoms with E-state index in [1.807, 2.05) is 30.1 Å². The summed E-state index contributed by atoms with van der Waals surface area (Å²) < 4.78 is 0. The molecule has 5 heteroatoms. The largest absolute Gasteiger partial charge is 0.353 e. The Kier molecular flexibility index (Phi) is 4.52. The van der Waals surface area contributed by atoms with Crippen molar-refractivity contribution in [3.05, 3.63) is 24.4 Å². The van der Waals surface area contributed by atoms with Gasteiger partial charge < -0.3 is 15.1 Å². The minimum Gasteiger partial charge on any atom is -0.353 e. The second-order valence-electron chi connectivity index (χ2n) is 4.41. The standard InChI is InChI=1S/C13H20N4O/c1-14-7-5-13(18)17-10-8-16(9-11-17)12-4-2-3-6-15-12/h2-4,6,14H,5,7-11H2,1H3. The second kappa shape index (κ2) is 6.35. The van der Waals surface area contributed by atoms with Crippen LogP contribution in [-0.2, 0) is 4.79 Å². The summed E-state index contributed by atoms with van der Waals surface area (Å²) in [6.45, 7) is 4.06. The molecule has 2 rings (SSSR count). The predicted molar refractivity (Wildman–Crippen MR) is 71.6 cm³/mol. The number of hydrogen-bond acceptors (Lipinski definition) is 4. The number of aromatic nitrogens is 1. The Morgan fingerprint density at radius 1 is 1.33 bits per heavy atom. The Morgan fingerprint density at radius 2 is 2.11 bits per heavy atom. The fraction of sp³-hybridized carbons (Fsp3) is 0.538. The molecular formula is C13H20N4O. The fourth-order valence-corrected chi connectivity index (χ4v) is 2.12. The van der Waals surface area contributed by atoms with Crippen LogP contribution in [0.5, 0.6) is 0 Å². The average Bonchev–Trinajstić information content (AvgIpc) is 2.46. The van der Waals surface area contributed by atoms with Gasteiger partial charge in [-0.05, 0) is 19.2 Å². The number of carbonyl (C=O) groups is 1. The lowest BCUT2D eigenvalue weighted by Crippen LogP contribution is -2.49. The molecule has 5 nitrogen and oxygen atoms in total. The summed E-state index contributed by atoms with van der Waals surface area (Å²) in [6, 6.07) is 5.92. The molecule has 18 heavy (non-hydrogen) atoms. The van der Waals surface area contributed by atoms with Gasteiger partial charge in [-0.15, -0.1) is 0 Å². The maximum atomic E-state index is 11.9. The monoisotopic (exact) mass is 248 g/mol. The number of carbonyl (C=O) groups excluding carboxylic acids is 1. The highest BCUT2D eigenvalue weighted by Gasteiger charge is 2.20. The molecule has 1 N–H and O–H groups in total. The van der Waals surface area contributed by atoms with Gasteiger partial charge in [0.25, 0.3) is 0 Å². The summed E-state index contributed by atoms with van der Waals surface area (Å²) in [5.74, 6) is 1.24. The zero-order chi connectivity index (χ0) is 12.8. The van der Waals surface area contributed by atoms with Crippen LogP contribution in [0.25, 0.3) is 0 Å². The van der Waals surface area contributed by atoms with Crippen molar-refractivity contribution in [3.63, 3.8) is 0 Å². The lowest BCUT2D eigenvalue weighted by atomic mass is 10.2. The van der Waals surface area contributed by atoms with E-state index >= 15 is 0 Å². The van der Waals surface area contributed by atoms with Crippen molar-refractivity contribution in [1.29, 1.82) is 0 Å². The van der Waals surface area contributed by atoms with Crippen LogP contribution >= 0.6 is 0 Å². The highest BCUT2D eigenvalue weighted by molar-refractivity contribution is 5.76. The zero-order valence-corrected chi connectivity index (χ0v) is 10.8. The average molecular weight is 248 g/mol. The Hall–Kier alpha value is -1.62.